The molecule has 0 aromatic heterocycles. The molecule has 3 aromatic rings. The summed E-state index contributed by atoms with van der Waals surface area (Å²) in [6, 6.07) is 16.9. The quantitative estimate of drug-likeness (QED) is 0.236. The van der Waals surface area contributed by atoms with E-state index in [4.69, 9.17) is 5.11 Å². The number of ketones is 1. The molecule has 0 saturated heterocycles. The van der Waals surface area contributed by atoms with Crippen LogP contribution >= 0.6 is 0 Å². The average Bonchev–Trinajstić information content (AvgIpc) is 2.89. The van der Waals surface area contributed by atoms with Crippen LogP contribution in [0.5, 0.6) is 5.75 Å². The Balaban J connectivity index is 1.73. The number of rotatable bonds is 8. The normalized spacial score (nSPS) is 15.5. The number of anilines is 2. The first kappa shape index (κ1) is 28.9. The van der Waals surface area contributed by atoms with Gasteiger partial charge in [0.1, 0.15) is 11.3 Å². The van der Waals surface area contributed by atoms with Gasteiger partial charge in [0.2, 0.25) is 0 Å². The summed E-state index contributed by atoms with van der Waals surface area (Å²) in [6.07, 6.45) is 5.19. The number of carbonyl (C=O) groups is 2. The van der Waals surface area contributed by atoms with Crippen LogP contribution < -0.4 is 9.80 Å². The topological polar surface area (TPSA) is 81.1 Å². The smallest absolute Gasteiger partial charge is 0.339 e. The molecular formula is C34H40N2O4. The molecule has 1 aliphatic carbocycles. The molecule has 0 atom stereocenters. The van der Waals surface area contributed by atoms with Crippen molar-refractivity contribution in [3.05, 3.63) is 94.1 Å². The van der Waals surface area contributed by atoms with Crippen LogP contribution in [0.2, 0.25) is 0 Å². The second kappa shape index (κ2) is 10.8. The van der Waals surface area contributed by atoms with Gasteiger partial charge in [0.25, 0.3) is 0 Å². The maximum Gasteiger partial charge on any atom is 0.339 e. The Labute approximate surface area is 237 Å². The molecule has 0 aliphatic heterocycles. The van der Waals surface area contributed by atoms with Gasteiger partial charge in [0, 0.05) is 44.6 Å². The maximum absolute atomic E-state index is 13.5. The number of aromatic carboxylic acids is 1. The fourth-order valence-electron chi connectivity index (χ4n) is 5.56. The zero-order valence-corrected chi connectivity index (χ0v) is 24.6. The van der Waals surface area contributed by atoms with E-state index in [2.05, 4.69) is 74.9 Å². The molecule has 0 saturated carbocycles. The van der Waals surface area contributed by atoms with E-state index in [0.29, 0.717) is 17.7 Å². The van der Waals surface area contributed by atoms with Crippen molar-refractivity contribution in [2.24, 2.45) is 0 Å². The number of carboxylic acid groups (broad SMARTS) is 1. The Morgan fingerprint density at radius 3 is 2.15 bits per heavy atom. The third-order valence-corrected chi connectivity index (χ3v) is 8.15. The van der Waals surface area contributed by atoms with Crippen LogP contribution in [0.4, 0.5) is 11.4 Å². The summed E-state index contributed by atoms with van der Waals surface area (Å²) in [4.78, 5) is 29.0. The van der Waals surface area contributed by atoms with Gasteiger partial charge in [0.05, 0.1) is 0 Å². The van der Waals surface area contributed by atoms with E-state index in [1.54, 1.807) is 12.1 Å². The zero-order valence-electron chi connectivity index (χ0n) is 24.6. The van der Waals surface area contributed by atoms with Gasteiger partial charge in [-0.3, -0.25) is 4.79 Å². The van der Waals surface area contributed by atoms with Gasteiger partial charge in [-0.15, -0.1) is 0 Å². The minimum Gasteiger partial charge on any atom is -0.507 e. The van der Waals surface area contributed by atoms with E-state index in [1.165, 1.54) is 34.9 Å². The molecule has 3 aromatic carbocycles. The predicted molar refractivity (Wildman–Crippen MR) is 163 cm³/mol. The third kappa shape index (κ3) is 5.91. The molecule has 1 aliphatic rings. The third-order valence-electron chi connectivity index (χ3n) is 8.15. The number of benzene rings is 3. The molecule has 0 heterocycles. The lowest BCUT2D eigenvalue weighted by molar-refractivity contribution is 0.0693. The molecule has 0 unspecified atom stereocenters. The van der Waals surface area contributed by atoms with E-state index in [9.17, 15) is 14.7 Å². The Morgan fingerprint density at radius 1 is 0.900 bits per heavy atom. The molecule has 0 radical (unpaired) electrons. The maximum atomic E-state index is 13.5. The Bertz CT molecular complexity index is 1470. The number of phenols is 1. The van der Waals surface area contributed by atoms with E-state index >= 15 is 0 Å². The average molecular weight is 541 g/mol. The lowest BCUT2D eigenvalue weighted by Gasteiger charge is -2.44. The number of nitrogens with zero attached hydrogens (tertiary/aromatic N) is 2. The summed E-state index contributed by atoms with van der Waals surface area (Å²) >= 11 is 0. The summed E-state index contributed by atoms with van der Waals surface area (Å²) < 4.78 is 0. The zero-order chi connectivity index (χ0) is 29.4. The van der Waals surface area contributed by atoms with Gasteiger partial charge in [-0.1, -0.05) is 52.0 Å². The van der Waals surface area contributed by atoms with Crippen molar-refractivity contribution in [3.8, 4) is 5.75 Å². The molecule has 210 valence electrons. The van der Waals surface area contributed by atoms with Gasteiger partial charge in [-0.25, -0.2) is 4.79 Å². The van der Waals surface area contributed by atoms with Crippen LogP contribution in [-0.4, -0.2) is 43.1 Å². The number of hydrogen-bond donors (Lipinski definition) is 2. The molecule has 4 rings (SSSR count). The van der Waals surface area contributed by atoms with Crippen molar-refractivity contribution in [3.63, 3.8) is 0 Å². The highest BCUT2D eigenvalue weighted by Crippen LogP contribution is 2.50. The Kier molecular flexibility index (Phi) is 7.84. The number of aromatic hydroxyl groups is 1. The van der Waals surface area contributed by atoms with E-state index < -0.39 is 5.97 Å². The van der Waals surface area contributed by atoms with Crippen molar-refractivity contribution in [1.29, 1.82) is 0 Å². The minimum atomic E-state index is -1.20. The molecule has 0 amide bonds. The van der Waals surface area contributed by atoms with Crippen molar-refractivity contribution in [2.45, 2.75) is 57.9 Å². The summed E-state index contributed by atoms with van der Waals surface area (Å²) in [5, 5.41) is 19.2. The molecule has 0 bridgehead atoms. The number of allylic oxidation sites excluding steroid dienone is 1. The number of carboxylic acids is 1. The molecule has 2 N–H and O–H groups in total. The SMILES string of the molecule is CN(C)c1ccc(CN(C)c2cc(C(=O)/C=C/c3ccc(C(=O)O)c(O)c3)cc3c2C(C)(C)CCC3(C)C)cc1. The fourth-order valence-corrected chi connectivity index (χ4v) is 5.56. The van der Waals surface area contributed by atoms with Crippen LogP contribution in [0.3, 0.4) is 0 Å². The van der Waals surface area contributed by atoms with Crippen molar-refractivity contribution < 1.29 is 19.8 Å². The number of carbonyl (C=O) groups excluding carboxylic acids is 1. The summed E-state index contributed by atoms with van der Waals surface area (Å²) in [5.74, 6) is -1.68. The van der Waals surface area contributed by atoms with Crippen LogP contribution in [0.1, 0.15) is 83.5 Å². The summed E-state index contributed by atoms with van der Waals surface area (Å²) in [6.45, 7) is 9.79. The van der Waals surface area contributed by atoms with Crippen LogP contribution in [-0.2, 0) is 17.4 Å². The van der Waals surface area contributed by atoms with Gasteiger partial charge in [-0.2, -0.15) is 0 Å². The summed E-state index contributed by atoms with van der Waals surface area (Å²) in [7, 11) is 6.15. The van der Waals surface area contributed by atoms with Crippen molar-refractivity contribution >= 4 is 29.2 Å². The standard InChI is InChI=1S/C34H40N2O4/c1-33(2)16-17-34(3,4)31-27(33)19-24(29(37)15-11-22-10-14-26(32(39)40)30(38)18-22)20-28(31)36(7)21-23-8-12-25(13-9-23)35(5)6/h8-15,18-20,38H,16-17,21H2,1-7H3,(H,39,40)/b15-11+. The second-order valence-electron chi connectivity index (χ2n) is 12.4. The molecule has 0 spiro atoms. The first-order valence-corrected chi connectivity index (χ1v) is 13.6. The fraction of sp³-hybridized carbons (Fsp3) is 0.353. The lowest BCUT2D eigenvalue weighted by Crippen LogP contribution is -2.36. The van der Waals surface area contributed by atoms with E-state index in [1.807, 2.05) is 20.2 Å². The summed E-state index contributed by atoms with van der Waals surface area (Å²) in [5.41, 5.74) is 6.77. The first-order chi connectivity index (χ1) is 18.7. The first-order valence-electron chi connectivity index (χ1n) is 13.6. The molecule has 6 heteroatoms. The van der Waals surface area contributed by atoms with Gasteiger partial charge >= 0.3 is 5.97 Å². The Morgan fingerprint density at radius 2 is 1.55 bits per heavy atom. The van der Waals surface area contributed by atoms with Crippen LogP contribution in [0, 0.1) is 0 Å². The van der Waals surface area contributed by atoms with Gasteiger partial charge < -0.3 is 20.0 Å². The Hall–Kier alpha value is -4.06. The van der Waals surface area contributed by atoms with Crippen LogP contribution in [0.25, 0.3) is 6.08 Å². The van der Waals surface area contributed by atoms with Gasteiger partial charge in [-0.05, 0) is 88.4 Å². The van der Waals surface area contributed by atoms with Gasteiger partial charge in [0.15, 0.2) is 5.78 Å². The molecular weight excluding hydrogens is 500 g/mol. The number of hydrogen-bond acceptors (Lipinski definition) is 5. The largest absolute Gasteiger partial charge is 0.507 e. The number of fused-ring (bicyclic) bond motifs is 1. The van der Waals surface area contributed by atoms with Crippen molar-refractivity contribution in [2.75, 3.05) is 30.9 Å². The van der Waals surface area contributed by atoms with Crippen molar-refractivity contribution in [1.82, 2.24) is 0 Å². The van der Waals surface area contributed by atoms with Crippen LogP contribution in [0.15, 0.2) is 60.7 Å². The predicted octanol–water partition coefficient (Wildman–Crippen LogP) is 7.04. The molecule has 6 nitrogen and oxygen atoms in total. The molecule has 0 fully saturated rings. The highest BCUT2D eigenvalue weighted by atomic mass is 16.4. The monoisotopic (exact) mass is 540 g/mol. The highest BCUT2D eigenvalue weighted by molar-refractivity contribution is 6.08. The second-order valence-corrected chi connectivity index (χ2v) is 12.4. The van der Waals surface area contributed by atoms with E-state index in [-0.39, 0.29) is 27.9 Å². The highest BCUT2D eigenvalue weighted by Gasteiger charge is 2.40. The molecule has 40 heavy (non-hydrogen) atoms. The minimum absolute atomic E-state index is 0.0376. The lowest BCUT2D eigenvalue weighted by atomic mass is 9.62. The van der Waals surface area contributed by atoms with E-state index in [0.717, 1.165) is 24.2 Å².